The number of rotatable bonds is 6. The second-order valence-electron chi connectivity index (χ2n) is 3.82. The average molecular weight is 275 g/mol. The monoisotopic (exact) mass is 275 g/mol. The van der Waals surface area contributed by atoms with Crippen LogP contribution in [-0.4, -0.2) is 16.0 Å². The summed E-state index contributed by atoms with van der Waals surface area (Å²) in [7, 11) is 0. The molecule has 19 heavy (non-hydrogen) atoms. The zero-order valence-electron chi connectivity index (χ0n) is 10.5. The molecule has 1 heterocycles. The number of thioether (sulfide) groups is 1. The summed E-state index contributed by atoms with van der Waals surface area (Å²) in [5.74, 6) is 1.86. The highest BCUT2D eigenvalue weighted by Crippen LogP contribution is 2.18. The van der Waals surface area contributed by atoms with Crippen LogP contribution in [0.1, 0.15) is 17.9 Å². The minimum absolute atomic E-state index is 0.245. The fourth-order valence-electron chi connectivity index (χ4n) is 1.39. The van der Waals surface area contributed by atoms with E-state index in [4.69, 9.17) is 14.4 Å². The summed E-state index contributed by atoms with van der Waals surface area (Å²) in [5, 5.41) is 16.7. The second kappa shape index (κ2) is 6.81. The normalized spacial score (nSPS) is 10.1. The Bertz CT molecular complexity index is 577. The Morgan fingerprint density at radius 3 is 3.11 bits per heavy atom. The molecule has 0 saturated carbocycles. The number of nitrogens with zero attached hydrogens (tertiary/aromatic N) is 3. The third-order valence-electron chi connectivity index (χ3n) is 2.24. The van der Waals surface area contributed by atoms with Crippen molar-refractivity contribution in [2.45, 2.75) is 25.2 Å². The van der Waals surface area contributed by atoms with Crippen LogP contribution in [0.3, 0.4) is 0 Å². The van der Waals surface area contributed by atoms with Gasteiger partial charge in [0.25, 0.3) is 11.1 Å². The van der Waals surface area contributed by atoms with Gasteiger partial charge in [-0.25, -0.2) is 0 Å². The lowest BCUT2D eigenvalue weighted by molar-refractivity contribution is 0.252. The van der Waals surface area contributed by atoms with Gasteiger partial charge in [0.05, 0.1) is 6.07 Å². The molecular weight excluding hydrogens is 262 g/mol. The smallest absolute Gasteiger partial charge is 0.276 e. The van der Waals surface area contributed by atoms with Crippen molar-refractivity contribution in [1.29, 1.82) is 5.26 Å². The number of aryl methyl sites for hydroxylation is 1. The summed E-state index contributed by atoms with van der Waals surface area (Å²) in [6.07, 6.45) is 0.460. The first-order chi connectivity index (χ1) is 9.28. The first-order valence-electron chi connectivity index (χ1n) is 5.79. The Balaban J connectivity index is 1.85. The average Bonchev–Trinajstić information content (AvgIpc) is 2.85. The summed E-state index contributed by atoms with van der Waals surface area (Å²) in [5.41, 5.74) is 1.13. The van der Waals surface area contributed by atoms with Crippen LogP contribution in [0, 0.1) is 18.3 Å². The van der Waals surface area contributed by atoms with Gasteiger partial charge in [-0.05, 0) is 24.6 Å². The van der Waals surface area contributed by atoms with Gasteiger partial charge in [0.2, 0.25) is 0 Å². The van der Waals surface area contributed by atoms with Crippen molar-refractivity contribution in [2.75, 3.05) is 5.75 Å². The number of benzene rings is 1. The Hall–Kier alpha value is -2.00. The maximum absolute atomic E-state index is 8.43. The Morgan fingerprint density at radius 1 is 1.42 bits per heavy atom. The summed E-state index contributed by atoms with van der Waals surface area (Å²) < 4.78 is 10.9. The largest absolute Gasteiger partial charge is 0.484 e. The molecule has 0 saturated heterocycles. The van der Waals surface area contributed by atoms with E-state index in [0.717, 1.165) is 11.3 Å². The molecule has 0 radical (unpaired) electrons. The van der Waals surface area contributed by atoms with Crippen LogP contribution < -0.4 is 4.74 Å². The van der Waals surface area contributed by atoms with E-state index in [-0.39, 0.29) is 6.61 Å². The predicted octanol–water partition coefficient (Wildman–Crippen LogP) is 2.96. The van der Waals surface area contributed by atoms with E-state index in [0.29, 0.717) is 23.3 Å². The third kappa shape index (κ3) is 4.30. The van der Waals surface area contributed by atoms with Crippen molar-refractivity contribution in [3.63, 3.8) is 0 Å². The molecule has 0 atom stereocenters. The number of hydrogen-bond donors (Lipinski definition) is 0. The van der Waals surface area contributed by atoms with Crippen molar-refractivity contribution in [3.05, 3.63) is 35.7 Å². The topological polar surface area (TPSA) is 71.9 Å². The summed E-state index contributed by atoms with van der Waals surface area (Å²) >= 11 is 1.37. The molecule has 0 spiro atoms. The highest BCUT2D eigenvalue weighted by molar-refractivity contribution is 7.99. The molecule has 1 aromatic carbocycles. The Morgan fingerprint density at radius 2 is 2.32 bits per heavy atom. The van der Waals surface area contributed by atoms with Gasteiger partial charge >= 0.3 is 0 Å². The maximum atomic E-state index is 8.43. The van der Waals surface area contributed by atoms with Gasteiger partial charge in [0.15, 0.2) is 6.61 Å². The number of aromatic nitrogens is 2. The van der Waals surface area contributed by atoms with Gasteiger partial charge < -0.3 is 9.15 Å². The lowest BCUT2D eigenvalue weighted by atomic mass is 10.2. The van der Waals surface area contributed by atoms with E-state index in [1.54, 1.807) is 0 Å². The molecule has 5 nitrogen and oxygen atoms in total. The zero-order valence-corrected chi connectivity index (χ0v) is 11.3. The van der Waals surface area contributed by atoms with Crippen molar-refractivity contribution in [3.8, 4) is 11.8 Å². The number of hydrogen-bond acceptors (Lipinski definition) is 6. The third-order valence-corrected chi connectivity index (χ3v) is 3.06. The zero-order chi connectivity index (χ0) is 13.5. The molecule has 2 aromatic rings. The summed E-state index contributed by atoms with van der Waals surface area (Å²) in [6.45, 7) is 2.25. The molecule has 0 aliphatic carbocycles. The fraction of sp³-hybridized carbons (Fsp3) is 0.308. The lowest BCUT2D eigenvalue weighted by Gasteiger charge is -2.03. The first kappa shape index (κ1) is 13.4. The molecule has 0 aliphatic rings. The van der Waals surface area contributed by atoms with Gasteiger partial charge in [-0.3, -0.25) is 0 Å². The Kier molecular flexibility index (Phi) is 4.81. The fourth-order valence-corrected chi connectivity index (χ4v) is 2.01. The van der Waals surface area contributed by atoms with E-state index in [2.05, 4.69) is 16.3 Å². The number of nitriles is 1. The van der Waals surface area contributed by atoms with Crippen LogP contribution in [0.4, 0.5) is 0 Å². The van der Waals surface area contributed by atoms with Crippen LogP contribution in [0.15, 0.2) is 33.9 Å². The van der Waals surface area contributed by atoms with Crippen LogP contribution in [0.25, 0.3) is 0 Å². The molecule has 6 heteroatoms. The highest BCUT2D eigenvalue weighted by atomic mass is 32.2. The molecule has 0 amide bonds. The molecule has 0 bridgehead atoms. The summed E-state index contributed by atoms with van der Waals surface area (Å²) in [6, 6.07) is 9.82. The van der Waals surface area contributed by atoms with E-state index in [1.165, 1.54) is 11.8 Å². The van der Waals surface area contributed by atoms with Crippen molar-refractivity contribution in [1.82, 2.24) is 10.2 Å². The molecule has 2 rings (SSSR count). The van der Waals surface area contributed by atoms with Gasteiger partial charge in [-0.2, -0.15) is 5.26 Å². The van der Waals surface area contributed by atoms with Crippen molar-refractivity contribution >= 4 is 11.8 Å². The predicted molar refractivity (Wildman–Crippen MR) is 70.8 cm³/mol. The highest BCUT2D eigenvalue weighted by Gasteiger charge is 2.07. The minimum Gasteiger partial charge on any atom is -0.484 e. The van der Waals surface area contributed by atoms with E-state index in [1.807, 2.05) is 31.2 Å². The molecule has 1 aromatic heterocycles. The first-order valence-corrected chi connectivity index (χ1v) is 6.78. The van der Waals surface area contributed by atoms with E-state index in [9.17, 15) is 0 Å². The van der Waals surface area contributed by atoms with Gasteiger partial charge in [0.1, 0.15) is 5.75 Å². The molecule has 98 valence electrons. The maximum Gasteiger partial charge on any atom is 0.276 e. The van der Waals surface area contributed by atoms with Crippen LogP contribution in [-0.2, 0) is 6.61 Å². The molecule has 0 N–H and O–H groups in total. The van der Waals surface area contributed by atoms with Crippen LogP contribution >= 0.6 is 11.8 Å². The second-order valence-corrected chi connectivity index (χ2v) is 4.87. The molecule has 0 aliphatic heterocycles. The van der Waals surface area contributed by atoms with Crippen LogP contribution in [0.2, 0.25) is 0 Å². The summed E-state index contributed by atoms with van der Waals surface area (Å²) in [4.78, 5) is 0. The van der Waals surface area contributed by atoms with E-state index < -0.39 is 0 Å². The van der Waals surface area contributed by atoms with Crippen molar-refractivity contribution < 1.29 is 9.15 Å². The molecule has 0 fully saturated rings. The van der Waals surface area contributed by atoms with Crippen LogP contribution in [0.5, 0.6) is 5.75 Å². The molecule has 0 unspecified atom stereocenters. The minimum atomic E-state index is 0.245. The SMILES string of the molecule is Cc1cccc(OCc2nnc(SCCC#N)o2)c1. The van der Waals surface area contributed by atoms with Gasteiger partial charge in [-0.15, -0.1) is 10.2 Å². The lowest BCUT2D eigenvalue weighted by Crippen LogP contribution is -1.95. The van der Waals surface area contributed by atoms with Gasteiger partial charge in [0, 0.05) is 12.2 Å². The quantitative estimate of drug-likeness (QED) is 0.596. The van der Waals surface area contributed by atoms with Crippen molar-refractivity contribution in [2.24, 2.45) is 0 Å². The Labute approximate surface area is 115 Å². The molecular formula is C13H13N3O2S. The van der Waals surface area contributed by atoms with E-state index >= 15 is 0 Å². The van der Waals surface area contributed by atoms with Gasteiger partial charge in [-0.1, -0.05) is 23.9 Å². The standard InChI is InChI=1S/C13H13N3O2S/c1-10-4-2-5-11(8-10)17-9-12-15-16-13(18-12)19-7-3-6-14/h2,4-5,8H,3,7,9H2,1H3. The number of ether oxygens (including phenoxy) is 1.